The van der Waals surface area contributed by atoms with E-state index in [1.54, 1.807) is 0 Å². The molecule has 0 radical (unpaired) electrons. The summed E-state index contributed by atoms with van der Waals surface area (Å²) < 4.78 is 4.96. The van der Waals surface area contributed by atoms with Crippen molar-refractivity contribution in [2.24, 2.45) is 5.92 Å². The van der Waals surface area contributed by atoms with Crippen LogP contribution in [0, 0.1) is 5.92 Å². The molecular formula is C17H34N2O2. The molecule has 1 N–H and O–H groups in total. The van der Waals surface area contributed by atoms with Crippen LogP contribution in [0.2, 0.25) is 0 Å². The van der Waals surface area contributed by atoms with Crippen molar-refractivity contribution in [3.8, 4) is 0 Å². The van der Waals surface area contributed by atoms with Crippen LogP contribution < -0.4 is 5.32 Å². The molecule has 124 valence electrons. The molecular weight excluding hydrogens is 264 g/mol. The van der Waals surface area contributed by atoms with Gasteiger partial charge in [-0.25, -0.2) is 0 Å². The molecule has 21 heavy (non-hydrogen) atoms. The summed E-state index contributed by atoms with van der Waals surface area (Å²) in [4.78, 5) is 14.6. The van der Waals surface area contributed by atoms with Crippen molar-refractivity contribution < 1.29 is 9.53 Å². The average molecular weight is 298 g/mol. The highest BCUT2D eigenvalue weighted by atomic mass is 16.5. The molecule has 1 aliphatic heterocycles. The van der Waals surface area contributed by atoms with Crippen LogP contribution in [0.1, 0.15) is 59.8 Å². The van der Waals surface area contributed by atoms with E-state index in [0.717, 1.165) is 31.7 Å². The lowest BCUT2D eigenvalue weighted by atomic mass is 9.93. The van der Waals surface area contributed by atoms with Gasteiger partial charge in [0.25, 0.3) is 0 Å². The summed E-state index contributed by atoms with van der Waals surface area (Å²) in [7, 11) is 1.47. The molecule has 4 heteroatoms. The van der Waals surface area contributed by atoms with Crippen molar-refractivity contribution in [1.29, 1.82) is 0 Å². The Balaban J connectivity index is 2.31. The fourth-order valence-electron chi connectivity index (χ4n) is 3.20. The van der Waals surface area contributed by atoms with Crippen LogP contribution in [0.5, 0.6) is 0 Å². The molecule has 1 fully saturated rings. The number of hydrogen-bond acceptors (Lipinski definition) is 4. The first-order valence-corrected chi connectivity index (χ1v) is 8.46. The number of rotatable bonds is 8. The molecule has 0 amide bonds. The Hall–Kier alpha value is -0.610. The Labute approximate surface area is 130 Å². The van der Waals surface area contributed by atoms with E-state index in [1.165, 1.54) is 33.0 Å². The number of carbonyl (C=O) groups excluding carboxylic acids is 1. The number of piperidine rings is 1. The predicted octanol–water partition coefficient (Wildman–Crippen LogP) is 2.82. The maximum atomic E-state index is 12.0. The number of ether oxygens (including phenoxy) is 1. The topological polar surface area (TPSA) is 41.6 Å². The number of nitrogens with zero attached hydrogens (tertiary/aromatic N) is 1. The van der Waals surface area contributed by atoms with E-state index in [4.69, 9.17) is 4.74 Å². The van der Waals surface area contributed by atoms with E-state index in [9.17, 15) is 4.79 Å². The monoisotopic (exact) mass is 298 g/mol. The number of unbranched alkanes of at least 4 members (excludes halogenated alkanes) is 1. The van der Waals surface area contributed by atoms with E-state index in [-0.39, 0.29) is 12.0 Å². The molecule has 1 aliphatic rings. The number of hydrogen-bond donors (Lipinski definition) is 1. The minimum Gasteiger partial charge on any atom is -0.468 e. The minimum atomic E-state index is -0.556. The van der Waals surface area contributed by atoms with Gasteiger partial charge in [0.05, 0.1) is 7.11 Å². The van der Waals surface area contributed by atoms with Gasteiger partial charge in [-0.05, 0) is 78.4 Å². The highest BCUT2D eigenvalue weighted by Crippen LogP contribution is 2.19. The van der Waals surface area contributed by atoms with Gasteiger partial charge in [0.2, 0.25) is 0 Å². The summed E-state index contributed by atoms with van der Waals surface area (Å²) in [5.74, 6) is 0.738. The molecule has 0 bridgehead atoms. The van der Waals surface area contributed by atoms with Gasteiger partial charge >= 0.3 is 5.97 Å². The lowest BCUT2D eigenvalue weighted by Crippen LogP contribution is -2.53. The number of nitrogens with one attached hydrogen (secondary N) is 1. The van der Waals surface area contributed by atoms with Gasteiger partial charge in [-0.3, -0.25) is 10.1 Å². The lowest BCUT2D eigenvalue weighted by molar-refractivity contribution is -0.148. The quantitative estimate of drug-likeness (QED) is 0.553. The average Bonchev–Trinajstić information content (AvgIpc) is 2.44. The van der Waals surface area contributed by atoms with Crippen molar-refractivity contribution in [3.05, 3.63) is 0 Å². The standard InChI is InChI=1S/C17H34N2O2/c1-14(2)18-17(4,16(20)21-5)10-6-7-11-19-12-8-15(3)9-13-19/h14-15,18H,6-13H2,1-5H3. The fourth-order valence-corrected chi connectivity index (χ4v) is 3.20. The smallest absolute Gasteiger partial charge is 0.325 e. The zero-order chi connectivity index (χ0) is 15.9. The normalized spacial score (nSPS) is 20.5. The Morgan fingerprint density at radius 1 is 1.33 bits per heavy atom. The number of methoxy groups -OCH3 is 1. The molecule has 1 rings (SSSR count). The summed E-state index contributed by atoms with van der Waals surface area (Å²) in [6.45, 7) is 12.1. The van der Waals surface area contributed by atoms with Gasteiger partial charge in [-0.15, -0.1) is 0 Å². The second kappa shape index (κ2) is 8.74. The molecule has 0 saturated carbocycles. The first-order chi connectivity index (χ1) is 9.87. The van der Waals surface area contributed by atoms with Crippen molar-refractivity contribution in [2.75, 3.05) is 26.7 Å². The molecule has 1 atom stereocenters. The Bertz CT molecular complexity index is 312. The van der Waals surface area contributed by atoms with Crippen LogP contribution in [-0.2, 0) is 9.53 Å². The van der Waals surface area contributed by atoms with Gasteiger partial charge in [0, 0.05) is 6.04 Å². The zero-order valence-electron chi connectivity index (χ0n) is 14.6. The largest absolute Gasteiger partial charge is 0.468 e. The molecule has 0 aromatic carbocycles. The Morgan fingerprint density at radius 2 is 1.95 bits per heavy atom. The second-order valence-corrected chi connectivity index (χ2v) is 7.10. The molecule has 0 aromatic heterocycles. The maximum absolute atomic E-state index is 12.0. The van der Waals surface area contributed by atoms with Crippen LogP contribution >= 0.6 is 0 Å². The van der Waals surface area contributed by atoms with Crippen molar-refractivity contribution in [1.82, 2.24) is 10.2 Å². The lowest BCUT2D eigenvalue weighted by Gasteiger charge is -2.32. The molecule has 1 unspecified atom stereocenters. The van der Waals surface area contributed by atoms with Crippen molar-refractivity contribution >= 4 is 5.97 Å². The van der Waals surface area contributed by atoms with Gasteiger partial charge in [0.15, 0.2) is 0 Å². The van der Waals surface area contributed by atoms with Crippen LogP contribution in [0.25, 0.3) is 0 Å². The fraction of sp³-hybridized carbons (Fsp3) is 0.941. The number of carbonyl (C=O) groups is 1. The van der Waals surface area contributed by atoms with E-state index in [1.807, 2.05) is 6.92 Å². The predicted molar refractivity (Wildman–Crippen MR) is 87.4 cm³/mol. The molecule has 1 heterocycles. The van der Waals surface area contributed by atoms with E-state index in [2.05, 4.69) is 31.0 Å². The SMILES string of the molecule is COC(=O)C(C)(CCCCN1CCC(C)CC1)NC(C)C. The van der Waals surface area contributed by atoms with Crippen LogP contribution in [-0.4, -0.2) is 49.2 Å². The van der Waals surface area contributed by atoms with E-state index in [0.29, 0.717) is 0 Å². The van der Waals surface area contributed by atoms with Gasteiger partial charge < -0.3 is 9.64 Å². The number of esters is 1. The molecule has 1 saturated heterocycles. The minimum absolute atomic E-state index is 0.150. The Kier molecular flexibility index (Phi) is 7.67. The molecule has 4 nitrogen and oxygen atoms in total. The summed E-state index contributed by atoms with van der Waals surface area (Å²) in [6, 6.07) is 0.276. The summed E-state index contributed by atoms with van der Waals surface area (Å²) >= 11 is 0. The van der Waals surface area contributed by atoms with Crippen LogP contribution in [0.3, 0.4) is 0 Å². The van der Waals surface area contributed by atoms with Gasteiger partial charge in [0.1, 0.15) is 5.54 Å². The van der Waals surface area contributed by atoms with Crippen molar-refractivity contribution in [3.63, 3.8) is 0 Å². The molecule has 0 aliphatic carbocycles. The third kappa shape index (κ3) is 6.35. The molecule has 0 spiro atoms. The van der Waals surface area contributed by atoms with E-state index >= 15 is 0 Å². The summed E-state index contributed by atoms with van der Waals surface area (Å²) in [6.07, 6.45) is 5.70. The Morgan fingerprint density at radius 3 is 2.48 bits per heavy atom. The van der Waals surface area contributed by atoms with Crippen LogP contribution in [0.4, 0.5) is 0 Å². The third-order valence-electron chi connectivity index (χ3n) is 4.52. The van der Waals surface area contributed by atoms with E-state index < -0.39 is 5.54 Å². The first kappa shape index (κ1) is 18.4. The summed E-state index contributed by atoms with van der Waals surface area (Å²) in [5, 5.41) is 3.36. The third-order valence-corrected chi connectivity index (χ3v) is 4.52. The maximum Gasteiger partial charge on any atom is 0.325 e. The van der Waals surface area contributed by atoms with Crippen molar-refractivity contribution in [2.45, 2.75) is 71.4 Å². The zero-order valence-corrected chi connectivity index (χ0v) is 14.6. The first-order valence-electron chi connectivity index (χ1n) is 8.46. The second-order valence-electron chi connectivity index (χ2n) is 7.10. The summed E-state index contributed by atoms with van der Waals surface area (Å²) in [5.41, 5.74) is -0.556. The van der Waals surface area contributed by atoms with Gasteiger partial charge in [-0.1, -0.05) is 6.92 Å². The van der Waals surface area contributed by atoms with Crippen LogP contribution in [0.15, 0.2) is 0 Å². The highest BCUT2D eigenvalue weighted by molar-refractivity contribution is 5.80. The number of likely N-dealkylation sites (tertiary alicyclic amines) is 1. The highest BCUT2D eigenvalue weighted by Gasteiger charge is 2.34. The van der Waals surface area contributed by atoms with Gasteiger partial charge in [-0.2, -0.15) is 0 Å². The molecule has 0 aromatic rings.